The van der Waals surface area contributed by atoms with Crippen molar-refractivity contribution in [3.8, 4) is 0 Å². The molecule has 2 rings (SSSR count). The lowest BCUT2D eigenvalue weighted by atomic mass is 9.95. The maximum Gasteiger partial charge on any atom is 0.418 e. The standard InChI is InChI=1S/C13H13F3N2O2/c1-3-6-5-8-10(18-12(20)11(19)17-8)9(7(6)4-2)13(14,15)16/h5H,3-4H2,1-2H3,(H,17,19)(H,18,20). The van der Waals surface area contributed by atoms with Gasteiger partial charge in [-0.25, -0.2) is 0 Å². The van der Waals surface area contributed by atoms with E-state index in [2.05, 4.69) is 4.98 Å². The number of hydrogen-bond acceptors (Lipinski definition) is 2. The minimum Gasteiger partial charge on any atom is -0.316 e. The summed E-state index contributed by atoms with van der Waals surface area (Å²) in [4.78, 5) is 26.8. The first-order valence-electron chi connectivity index (χ1n) is 6.17. The van der Waals surface area contributed by atoms with Crippen molar-refractivity contribution in [3.63, 3.8) is 0 Å². The Labute approximate surface area is 111 Å². The Kier molecular flexibility index (Phi) is 3.45. The molecule has 0 saturated heterocycles. The van der Waals surface area contributed by atoms with Gasteiger partial charge in [0.1, 0.15) is 0 Å². The lowest BCUT2D eigenvalue weighted by Gasteiger charge is -2.17. The molecule has 0 saturated carbocycles. The SMILES string of the molecule is CCc1cc2[nH]c(=O)c(=O)[nH]c2c(C(F)(F)F)c1CC. The third kappa shape index (κ3) is 2.23. The van der Waals surface area contributed by atoms with Crippen LogP contribution < -0.4 is 11.1 Å². The number of fused-ring (bicyclic) bond motifs is 1. The molecule has 0 bridgehead atoms. The van der Waals surface area contributed by atoms with Crippen molar-refractivity contribution in [3.05, 3.63) is 43.5 Å². The fraction of sp³-hybridized carbons (Fsp3) is 0.385. The topological polar surface area (TPSA) is 65.7 Å². The summed E-state index contributed by atoms with van der Waals surface area (Å²) in [5, 5.41) is 0. The zero-order valence-corrected chi connectivity index (χ0v) is 10.9. The molecular weight excluding hydrogens is 273 g/mol. The first-order valence-corrected chi connectivity index (χ1v) is 6.17. The average molecular weight is 286 g/mol. The Morgan fingerprint density at radius 1 is 1.05 bits per heavy atom. The molecule has 0 radical (unpaired) electrons. The molecule has 20 heavy (non-hydrogen) atoms. The van der Waals surface area contributed by atoms with Gasteiger partial charge in [0.15, 0.2) is 0 Å². The van der Waals surface area contributed by atoms with E-state index in [1.165, 1.54) is 6.07 Å². The van der Waals surface area contributed by atoms with Crippen LogP contribution in [0.2, 0.25) is 0 Å². The monoisotopic (exact) mass is 286 g/mol. The van der Waals surface area contributed by atoms with Crippen LogP contribution in [-0.2, 0) is 19.0 Å². The second-order valence-corrected chi connectivity index (χ2v) is 4.42. The number of halogens is 3. The molecule has 0 fully saturated rings. The van der Waals surface area contributed by atoms with Gasteiger partial charge in [-0.3, -0.25) is 9.59 Å². The highest BCUT2D eigenvalue weighted by atomic mass is 19.4. The molecule has 0 aliphatic rings. The van der Waals surface area contributed by atoms with Gasteiger partial charge < -0.3 is 9.97 Å². The second kappa shape index (κ2) is 4.81. The molecule has 7 heteroatoms. The number of rotatable bonds is 2. The molecule has 0 aliphatic heterocycles. The smallest absolute Gasteiger partial charge is 0.316 e. The van der Waals surface area contributed by atoms with Gasteiger partial charge in [0.25, 0.3) is 0 Å². The zero-order valence-electron chi connectivity index (χ0n) is 10.9. The van der Waals surface area contributed by atoms with Gasteiger partial charge in [-0.1, -0.05) is 13.8 Å². The highest BCUT2D eigenvalue weighted by Gasteiger charge is 2.36. The van der Waals surface area contributed by atoms with E-state index < -0.39 is 22.9 Å². The molecule has 1 aromatic heterocycles. The number of alkyl halides is 3. The van der Waals surface area contributed by atoms with E-state index in [0.717, 1.165) is 0 Å². The Hall–Kier alpha value is -2.05. The predicted octanol–water partition coefficient (Wildman–Crippen LogP) is 2.36. The predicted molar refractivity (Wildman–Crippen MR) is 68.9 cm³/mol. The fourth-order valence-electron chi connectivity index (χ4n) is 2.39. The van der Waals surface area contributed by atoms with E-state index in [0.29, 0.717) is 12.0 Å². The maximum atomic E-state index is 13.3. The largest absolute Gasteiger partial charge is 0.418 e. The molecular formula is C13H13F3N2O2. The number of aryl methyl sites for hydroxylation is 1. The van der Waals surface area contributed by atoms with Gasteiger partial charge in [-0.15, -0.1) is 0 Å². The van der Waals surface area contributed by atoms with Crippen LogP contribution in [0.15, 0.2) is 15.7 Å². The first kappa shape index (κ1) is 14.4. The average Bonchev–Trinajstić information content (AvgIpc) is 2.36. The molecule has 2 aromatic rings. The number of benzene rings is 1. The van der Waals surface area contributed by atoms with Crippen molar-refractivity contribution in [1.29, 1.82) is 0 Å². The number of hydrogen-bond donors (Lipinski definition) is 2. The molecule has 0 unspecified atom stereocenters. The molecule has 2 N–H and O–H groups in total. The number of aromatic amines is 2. The van der Waals surface area contributed by atoms with Crippen molar-refractivity contribution < 1.29 is 13.2 Å². The molecule has 0 atom stereocenters. The van der Waals surface area contributed by atoms with E-state index >= 15 is 0 Å². The summed E-state index contributed by atoms with van der Waals surface area (Å²) in [5.74, 6) is 0. The van der Waals surface area contributed by atoms with E-state index in [1.54, 1.807) is 13.8 Å². The van der Waals surface area contributed by atoms with Crippen LogP contribution in [0.4, 0.5) is 13.2 Å². The third-order valence-electron chi connectivity index (χ3n) is 3.24. The molecule has 4 nitrogen and oxygen atoms in total. The molecule has 0 amide bonds. The van der Waals surface area contributed by atoms with E-state index in [-0.39, 0.29) is 23.0 Å². The van der Waals surface area contributed by atoms with Crippen molar-refractivity contribution >= 4 is 11.0 Å². The Morgan fingerprint density at radius 2 is 1.65 bits per heavy atom. The van der Waals surface area contributed by atoms with Crippen LogP contribution in [-0.4, -0.2) is 9.97 Å². The zero-order chi connectivity index (χ0) is 15.1. The molecule has 0 aliphatic carbocycles. The first-order chi connectivity index (χ1) is 9.29. The number of H-pyrrole nitrogens is 2. The summed E-state index contributed by atoms with van der Waals surface area (Å²) in [6, 6.07) is 1.49. The van der Waals surface area contributed by atoms with Gasteiger partial charge in [0.2, 0.25) is 0 Å². The van der Waals surface area contributed by atoms with Gasteiger partial charge in [-0.2, -0.15) is 13.2 Å². The second-order valence-electron chi connectivity index (χ2n) is 4.42. The molecule has 108 valence electrons. The lowest BCUT2D eigenvalue weighted by Crippen LogP contribution is -2.30. The summed E-state index contributed by atoms with van der Waals surface area (Å²) in [7, 11) is 0. The maximum absolute atomic E-state index is 13.3. The molecule has 0 spiro atoms. The fourth-order valence-corrected chi connectivity index (χ4v) is 2.39. The van der Waals surface area contributed by atoms with Crippen LogP contribution in [0.3, 0.4) is 0 Å². The van der Waals surface area contributed by atoms with Crippen LogP contribution >= 0.6 is 0 Å². The number of aromatic nitrogens is 2. The van der Waals surface area contributed by atoms with Crippen LogP contribution in [0, 0.1) is 0 Å². The third-order valence-corrected chi connectivity index (χ3v) is 3.24. The van der Waals surface area contributed by atoms with Gasteiger partial charge >= 0.3 is 17.3 Å². The summed E-state index contributed by atoms with van der Waals surface area (Å²) >= 11 is 0. The van der Waals surface area contributed by atoms with Gasteiger partial charge in [-0.05, 0) is 30.0 Å². The van der Waals surface area contributed by atoms with Gasteiger partial charge in [0, 0.05) is 0 Å². The van der Waals surface area contributed by atoms with Crippen LogP contribution in [0.5, 0.6) is 0 Å². The van der Waals surface area contributed by atoms with Gasteiger partial charge in [0.05, 0.1) is 16.6 Å². The normalized spacial score (nSPS) is 12.1. The highest BCUT2D eigenvalue weighted by Crippen LogP contribution is 2.37. The summed E-state index contributed by atoms with van der Waals surface area (Å²) in [6.07, 6.45) is -4.01. The Balaban J connectivity index is 3.06. The van der Waals surface area contributed by atoms with Crippen molar-refractivity contribution in [1.82, 2.24) is 9.97 Å². The highest BCUT2D eigenvalue weighted by molar-refractivity contribution is 5.81. The summed E-state index contributed by atoms with van der Waals surface area (Å²) in [5.41, 5.74) is -2.63. The summed E-state index contributed by atoms with van der Waals surface area (Å²) in [6.45, 7) is 3.36. The van der Waals surface area contributed by atoms with E-state index in [1.807, 2.05) is 4.98 Å². The Morgan fingerprint density at radius 3 is 2.15 bits per heavy atom. The van der Waals surface area contributed by atoms with Crippen LogP contribution in [0.25, 0.3) is 11.0 Å². The number of nitrogens with one attached hydrogen (secondary N) is 2. The lowest BCUT2D eigenvalue weighted by molar-refractivity contribution is -0.137. The van der Waals surface area contributed by atoms with Crippen molar-refractivity contribution in [2.45, 2.75) is 32.9 Å². The van der Waals surface area contributed by atoms with Crippen LogP contribution in [0.1, 0.15) is 30.5 Å². The molecule has 1 heterocycles. The molecule has 1 aromatic carbocycles. The van der Waals surface area contributed by atoms with E-state index in [9.17, 15) is 22.8 Å². The van der Waals surface area contributed by atoms with E-state index in [4.69, 9.17) is 0 Å². The minimum absolute atomic E-state index is 0.00373. The van der Waals surface area contributed by atoms with Crippen molar-refractivity contribution in [2.24, 2.45) is 0 Å². The quantitative estimate of drug-likeness (QED) is 0.832. The minimum atomic E-state index is -4.60. The summed E-state index contributed by atoms with van der Waals surface area (Å²) < 4.78 is 39.9. The Bertz CT molecular complexity index is 772. The van der Waals surface area contributed by atoms with Crippen molar-refractivity contribution in [2.75, 3.05) is 0 Å².